The van der Waals surface area contributed by atoms with E-state index >= 15 is 0 Å². The average Bonchev–Trinajstić information content (AvgIpc) is 2.68. The molecule has 1 saturated heterocycles. The summed E-state index contributed by atoms with van der Waals surface area (Å²) in [4.78, 5) is 13.6. The largest absolute Gasteiger partial charge is 0.465 e. The zero-order valence-electron chi connectivity index (χ0n) is 14.6. The average molecular weight is 411 g/mol. The zero-order valence-corrected chi connectivity index (χ0v) is 16.2. The number of carbonyl (C=O) groups is 1. The lowest BCUT2D eigenvalue weighted by atomic mass is 10.2. The predicted octanol–water partition coefficient (Wildman–Crippen LogP) is 2.76. The van der Waals surface area contributed by atoms with Gasteiger partial charge in [0.15, 0.2) is 0 Å². The number of rotatable bonds is 5. The Hall–Kier alpha value is -2.29. The summed E-state index contributed by atoms with van der Waals surface area (Å²) < 4.78 is 38.3. The van der Waals surface area contributed by atoms with E-state index in [0.29, 0.717) is 42.7 Å². The standard InChI is InChI=1S/C18H19ClN2O5S/c1-25-18(22)13-4-2-5-14(12-13)27(23,24)20-16-7-3-6-15(19)17(16)21-8-10-26-11-9-21/h2-7,12,20H,8-11H2,1H3. The highest BCUT2D eigenvalue weighted by Gasteiger charge is 2.22. The molecule has 0 amide bonds. The topological polar surface area (TPSA) is 84.9 Å². The molecule has 2 aromatic carbocycles. The summed E-state index contributed by atoms with van der Waals surface area (Å²) in [5.41, 5.74) is 1.13. The molecule has 27 heavy (non-hydrogen) atoms. The second-order valence-corrected chi connectivity index (χ2v) is 7.95. The fourth-order valence-corrected chi connectivity index (χ4v) is 4.22. The van der Waals surface area contributed by atoms with Crippen LogP contribution in [0.4, 0.5) is 11.4 Å². The molecule has 9 heteroatoms. The monoisotopic (exact) mass is 410 g/mol. The Labute approximate surface area is 162 Å². The number of nitrogens with zero attached hydrogens (tertiary/aromatic N) is 1. The Morgan fingerprint density at radius 1 is 1.19 bits per heavy atom. The Balaban J connectivity index is 1.95. The SMILES string of the molecule is COC(=O)c1cccc(S(=O)(=O)Nc2cccc(Cl)c2N2CCOCC2)c1. The smallest absolute Gasteiger partial charge is 0.337 e. The van der Waals surface area contributed by atoms with Crippen LogP contribution >= 0.6 is 11.6 Å². The third-order valence-corrected chi connectivity index (χ3v) is 5.79. The van der Waals surface area contributed by atoms with Crippen LogP contribution in [-0.2, 0) is 19.5 Å². The molecule has 0 spiro atoms. The molecule has 1 fully saturated rings. The van der Waals surface area contributed by atoms with E-state index < -0.39 is 16.0 Å². The number of hydrogen-bond acceptors (Lipinski definition) is 6. The number of methoxy groups -OCH3 is 1. The van der Waals surface area contributed by atoms with E-state index in [4.69, 9.17) is 16.3 Å². The van der Waals surface area contributed by atoms with E-state index in [1.807, 2.05) is 4.90 Å². The van der Waals surface area contributed by atoms with Gasteiger partial charge in [0.05, 0.1) is 47.2 Å². The third-order valence-electron chi connectivity index (χ3n) is 4.12. The molecule has 1 heterocycles. The van der Waals surface area contributed by atoms with Gasteiger partial charge < -0.3 is 14.4 Å². The Bertz CT molecular complexity index is 943. The first-order chi connectivity index (χ1) is 12.9. The molecule has 0 radical (unpaired) electrons. The number of esters is 1. The van der Waals surface area contributed by atoms with Crippen LogP contribution in [0.2, 0.25) is 5.02 Å². The molecule has 3 rings (SSSR count). The van der Waals surface area contributed by atoms with Gasteiger partial charge in [0.2, 0.25) is 0 Å². The number of halogens is 1. The number of ether oxygens (including phenoxy) is 2. The van der Waals surface area contributed by atoms with Gasteiger partial charge in [-0.15, -0.1) is 0 Å². The maximum atomic E-state index is 12.9. The number of benzene rings is 2. The fraction of sp³-hybridized carbons (Fsp3) is 0.278. The lowest BCUT2D eigenvalue weighted by Gasteiger charge is -2.31. The van der Waals surface area contributed by atoms with Crippen molar-refractivity contribution in [2.75, 3.05) is 43.0 Å². The van der Waals surface area contributed by atoms with Gasteiger partial charge in [-0.2, -0.15) is 0 Å². The molecule has 0 bridgehead atoms. The highest BCUT2D eigenvalue weighted by Crippen LogP contribution is 2.35. The summed E-state index contributed by atoms with van der Waals surface area (Å²) >= 11 is 6.34. The summed E-state index contributed by atoms with van der Waals surface area (Å²) in [6.07, 6.45) is 0. The van der Waals surface area contributed by atoms with Gasteiger partial charge in [-0.05, 0) is 30.3 Å². The van der Waals surface area contributed by atoms with Crippen molar-refractivity contribution in [1.29, 1.82) is 0 Å². The zero-order chi connectivity index (χ0) is 19.4. The molecule has 0 unspecified atom stereocenters. The third kappa shape index (κ3) is 4.35. The molecule has 0 atom stereocenters. The minimum absolute atomic E-state index is 0.0432. The van der Waals surface area contributed by atoms with Gasteiger partial charge in [0, 0.05) is 13.1 Å². The molecule has 7 nitrogen and oxygen atoms in total. The van der Waals surface area contributed by atoms with E-state index in [2.05, 4.69) is 9.46 Å². The van der Waals surface area contributed by atoms with Gasteiger partial charge in [-0.3, -0.25) is 4.72 Å². The fourth-order valence-electron chi connectivity index (χ4n) is 2.82. The van der Waals surface area contributed by atoms with Gasteiger partial charge >= 0.3 is 5.97 Å². The molecule has 1 aliphatic rings. The Kier molecular flexibility index (Phi) is 5.88. The molecular formula is C18H19ClN2O5S. The number of carbonyl (C=O) groups excluding carboxylic acids is 1. The molecule has 2 aromatic rings. The van der Waals surface area contributed by atoms with Crippen molar-refractivity contribution in [3.63, 3.8) is 0 Å². The second kappa shape index (κ2) is 8.16. The van der Waals surface area contributed by atoms with Crippen LogP contribution in [0, 0.1) is 0 Å². The molecule has 1 N–H and O–H groups in total. The molecular weight excluding hydrogens is 392 g/mol. The first-order valence-corrected chi connectivity index (χ1v) is 10.1. The van der Waals surface area contributed by atoms with Crippen molar-refractivity contribution in [3.05, 3.63) is 53.1 Å². The molecule has 1 aliphatic heterocycles. The number of hydrogen-bond donors (Lipinski definition) is 1. The van der Waals surface area contributed by atoms with Crippen molar-refractivity contribution in [2.45, 2.75) is 4.90 Å². The van der Waals surface area contributed by atoms with Crippen LogP contribution in [0.25, 0.3) is 0 Å². The quantitative estimate of drug-likeness (QED) is 0.763. The van der Waals surface area contributed by atoms with Crippen molar-refractivity contribution >= 4 is 39.0 Å². The minimum atomic E-state index is -3.93. The van der Waals surface area contributed by atoms with Crippen molar-refractivity contribution < 1.29 is 22.7 Å². The van der Waals surface area contributed by atoms with Gasteiger partial charge in [-0.25, -0.2) is 13.2 Å². The Morgan fingerprint density at radius 2 is 1.89 bits per heavy atom. The van der Waals surface area contributed by atoms with E-state index in [-0.39, 0.29) is 10.5 Å². The maximum absolute atomic E-state index is 12.9. The highest BCUT2D eigenvalue weighted by atomic mass is 35.5. The number of sulfonamides is 1. The number of anilines is 2. The first kappa shape index (κ1) is 19.5. The lowest BCUT2D eigenvalue weighted by Crippen LogP contribution is -2.37. The van der Waals surface area contributed by atoms with Crippen molar-refractivity contribution in [3.8, 4) is 0 Å². The van der Waals surface area contributed by atoms with Crippen LogP contribution in [-0.4, -0.2) is 47.8 Å². The highest BCUT2D eigenvalue weighted by molar-refractivity contribution is 7.92. The van der Waals surface area contributed by atoms with Gasteiger partial charge in [-0.1, -0.05) is 23.7 Å². The second-order valence-electron chi connectivity index (χ2n) is 5.86. The van der Waals surface area contributed by atoms with E-state index in [1.54, 1.807) is 18.2 Å². The van der Waals surface area contributed by atoms with Crippen molar-refractivity contribution in [1.82, 2.24) is 0 Å². The normalized spacial score (nSPS) is 14.7. The first-order valence-electron chi connectivity index (χ1n) is 8.25. The van der Waals surface area contributed by atoms with Crippen LogP contribution < -0.4 is 9.62 Å². The minimum Gasteiger partial charge on any atom is -0.465 e. The van der Waals surface area contributed by atoms with Crippen molar-refractivity contribution in [2.24, 2.45) is 0 Å². The van der Waals surface area contributed by atoms with Crippen LogP contribution in [0.5, 0.6) is 0 Å². The molecule has 0 aliphatic carbocycles. The van der Waals surface area contributed by atoms with Crippen LogP contribution in [0.1, 0.15) is 10.4 Å². The van der Waals surface area contributed by atoms with Gasteiger partial charge in [0.25, 0.3) is 10.0 Å². The van der Waals surface area contributed by atoms with E-state index in [1.165, 1.54) is 31.4 Å². The molecule has 0 saturated carbocycles. The Morgan fingerprint density at radius 3 is 2.59 bits per heavy atom. The lowest BCUT2D eigenvalue weighted by molar-refractivity contribution is 0.0600. The van der Waals surface area contributed by atoms with Crippen LogP contribution in [0.15, 0.2) is 47.4 Å². The number of morpholine rings is 1. The maximum Gasteiger partial charge on any atom is 0.337 e. The summed E-state index contributed by atoms with van der Waals surface area (Å²) in [5.74, 6) is -0.608. The van der Waals surface area contributed by atoms with Gasteiger partial charge in [0.1, 0.15) is 0 Å². The molecule has 144 valence electrons. The summed E-state index contributed by atoms with van der Waals surface area (Å²) in [6.45, 7) is 2.30. The van der Waals surface area contributed by atoms with Crippen LogP contribution in [0.3, 0.4) is 0 Å². The predicted molar refractivity (Wildman–Crippen MR) is 103 cm³/mol. The number of nitrogens with one attached hydrogen (secondary N) is 1. The molecule has 0 aromatic heterocycles. The van der Waals surface area contributed by atoms with E-state index in [9.17, 15) is 13.2 Å². The summed E-state index contributed by atoms with van der Waals surface area (Å²) in [5, 5.41) is 0.445. The summed E-state index contributed by atoms with van der Waals surface area (Å²) in [7, 11) is -2.69. The number of para-hydroxylation sites is 1. The summed E-state index contributed by atoms with van der Waals surface area (Å²) in [6, 6.07) is 10.7. The van der Waals surface area contributed by atoms with E-state index in [0.717, 1.165) is 0 Å².